The predicted molar refractivity (Wildman–Crippen MR) is 111 cm³/mol. The van der Waals surface area contributed by atoms with Crippen LogP contribution in [0.5, 0.6) is 0 Å². The second-order valence-electron chi connectivity index (χ2n) is 5.28. The summed E-state index contributed by atoms with van der Waals surface area (Å²) in [4.78, 5) is 11.8. The van der Waals surface area contributed by atoms with Gasteiger partial charge in [-0.1, -0.05) is 58.6 Å². The Morgan fingerprint density at radius 2 is 1.96 bits per heavy atom. The molecule has 3 aromatic rings. The van der Waals surface area contributed by atoms with Gasteiger partial charge in [0.2, 0.25) is 0 Å². The lowest BCUT2D eigenvalue weighted by atomic mass is 10.2. The van der Waals surface area contributed by atoms with Crippen LogP contribution in [0.25, 0.3) is 0 Å². The second-order valence-corrected chi connectivity index (χ2v) is 9.14. The average molecular weight is 439 g/mol. The molecule has 0 unspecified atom stereocenters. The van der Waals surface area contributed by atoms with E-state index < -0.39 is 0 Å². The van der Waals surface area contributed by atoms with Gasteiger partial charge in [0.1, 0.15) is 11.5 Å². The molecule has 0 aliphatic rings. The van der Waals surface area contributed by atoms with Crippen molar-refractivity contribution < 1.29 is 9.21 Å². The lowest BCUT2D eigenvalue weighted by molar-refractivity contribution is -0.118. The average Bonchev–Trinajstić information content (AvgIpc) is 3.28. The molecular weight excluding hydrogens is 424 g/mol. The van der Waals surface area contributed by atoms with Crippen molar-refractivity contribution in [3.05, 3.63) is 58.5 Å². The van der Waals surface area contributed by atoms with Crippen LogP contribution in [0.3, 0.4) is 0 Å². The molecule has 0 atom stereocenters. The van der Waals surface area contributed by atoms with Gasteiger partial charge in [0.05, 0.1) is 12.0 Å². The number of benzene rings is 1. The maximum absolute atomic E-state index is 11.8. The fraction of sp³-hybridized carbons (Fsp3) is 0.176. The number of halogens is 1. The molecular formula is C17H15ClN4O2S3. The van der Waals surface area contributed by atoms with Gasteiger partial charge in [0.15, 0.2) is 8.68 Å². The van der Waals surface area contributed by atoms with Crippen molar-refractivity contribution in [1.29, 1.82) is 0 Å². The van der Waals surface area contributed by atoms with Gasteiger partial charge >= 0.3 is 0 Å². The SMILES string of the molecule is Cc1ccc(/C=N\NC(=O)CSc2nnc(SCc3ccc(Cl)cc3)s2)o1. The third-order valence-corrected chi connectivity index (χ3v) is 6.65. The highest BCUT2D eigenvalue weighted by atomic mass is 35.5. The van der Waals surface area contributed by atoms with E-state index in [-0.39, 0.29) is 11.7 Å². The van der Waals surface area contributed by atoms with Crippen LogP contribution < -0.4 is 5.43 Å². The summed E-state index contributed by atoms with van der Waals surface area (Å²) < 4.78 is 6.93. The summed E-state index contributed by atoms with van der Waals surface area (Å²) in [6.45, 7) is 1.84. The normalized spacial score (nSPS) is 11.2. The third kappa shape index (κ3) is 6.69. The van der Waals surface area contributed by atoms with E-state index in [0.717, 1.165) is 30.8 Å². The lowest BCUT2D eigenvalue weighted by Gasteiger charge is -1.98. The number of carbonyl (C=O) groups is 1. The standard InChI is InChI=1S/C17H15ClN4O2S3/c1-11-2-7-14(24-11)8-19-20-15(23)10-26-17-22-21-16(27-17)25-9-12-3-5-13(18)6-4-12/h2-8H,9-10H2,1H3,(H,20,23)/b19-8-. The minimum absolute atomic E-state index is 0.213. The van der Waals surface area contributed by atoms with Crippen molar-refractivity contribution >= 4 is 58.6 Å². The van der Waals surface area contributed by atoms with Gasteiger partial charge in [-0.25, -0.2) is 5.43 Å². The van der Waals surface area contributed by atoms with Crippen molar-refractivity contribution in [3.8, 4) is 0 Å². The van der Waals surface area contributed by atoms with Crippen molar-refractivity contribution in [2.75, 3.05) is 5.75 Å². The molecule has 27 heavy (non-hydrogen) atoms. The zero-order valence-corrected chi connectivity index (χ0v) is 17.4. The molecule has 1 aromatic carbocycles. The highest BCUT2D eigenvalue weighted by Gasteiger charge is 2.08. The molecule has 0 saturated carbocycles. The quantitative estimate of drug-likeness (QED) is 0.314. The number of aromatic nitrogens is 2. The van der Waals surface area contributed by atoms with Crippen LogP contribution in [-0.2, 0) is 10.5 Å². The first-order chi connectivity index (χ1) is 13.1. The Bertz CT molecular complexity index is 924. The van der Waals surface area contributed by atoms with Gasteiger partial charge in [-0.05, 0) is 36.8 Å². The highest BCUT2D eigenvalue weighted by Crippen LogP contribution is 2.30. The Balaban J connectivity index is 1.40. The number of nitrogens with zero attached hydrogens (tertiary/aromatic N) is 3. The summed E-state index contributed by atoms with van der Waals surface area (Å²) in [6, 6.07) is 11.3. The predicted octanol–water partition coefficient (Wildman–Crippen LogP) is 4.63. The number of furan rings is 1. The van der Waals surface area contributed by atoms with Crippen LogP contribution in [-0.4, -0.2) is 28.1 Å². The van der Waals surface area contributed by atoms with Crippen LogP contribution in [0.15, 0.2) is 54.6 Å². The summed E-state index contributed by atoms with van der Waals surface area (Å²) in [5.41, 5.74) is 3.62. The van der Waals surface area contributed by atoms with Gasteiger partial charge in [-0.15, -0.1) is 10.2 Å². The van der Waals surface area contributed by atoms with Crippen LogP contribution in [0.1, 0.15) is 17.1 Å². The zero-order chi connectivity index (χ0) is 19.1. The van der Waals surface area contributed by atoms with Gasteiger partial charge < -0.3 is 4.42 Å². The Morgan fingerprint density at radius 3 is 2.67 bits per heavy atom. The molecule has 140 valence electrons. The molecule has 1 amide bonds. The number of hydrogen-bond donors (Lipinski definition) is 1. The van der Waals surface area contributed by atoms with E-state index in [4.69, 9.17) is 16.0 Å². The molecule has 2 heterocycles. The molecule has 1 N–H and O–H groups in total. The van der Waals surface area contributed by atoms with Crippen molar-refractivity contribution in [2.24, 2.45) is 5.10 Å². The number of nitrogens with one attached hydrogen (secondary N) is 1. The van der Waals surface area contributed by atoms with E-state index in [1.54, 1.807) is 17.8 Å². The second kappa shape index (κ2) is 9.93. The summed E-state index contributed by atoms with van der Waals surface area (Å²) in [6.07, 6.45) is 1.46. The molecule has 0 bridgehead atoms. The minimum atomic E-state index is -0.218. The lowest BCUT2D eigenvalue weighted by Crippen LogP contribution is -2.19. The van der Waals surface area contributed by atoms with E-state index in [9.17, 15) is 4.79 Å². The van der Waals surface area contributed by atoms with Crippen molar-refractivity contribution in [1.82, 2.24) is 15.6 Å². The third-order valence-electron chi connectivity index (χ3n) is 3.13. The number of rotatable bonds is 8. The fourth-order valence-corrected chi connectivity index (χ4v) is 4.78. The maximum Gasteiger partial charge on any atom is 0.250 e. The number of aryl methyl sites for hydroxylation is 1. The summed E-state index contributed by atoms with van der Waals surface area (Å²) in [7, 11) is 0. The molecule has 0 radical (unpaired) electrons. The Morgan fingerprint density at radius 1 is 1.22 bits per heavy atom. The molecule has 6 nitrogen and oxygen atoms in total. The molecule has 0 saturated heterocycles. The fourth-order valence-electron chi connectivity index (χ4n) is 1.89. The van der Waals surface area contributed by atoms with Gasteiger partial charge in [-0.2, -0.15) is 5.10 Å². The molecule has 0 fully saturated rings. The highest BCUT2D eigenvalue weighted by molar-refractivity contribution is 8.03. The van der Waals surface area contributed by atoms with E-state index in [1.165, 1.54) is 29.3 Å². The molecule has 0 aliphatic heterocycles. The molecule has 0 aliphatic carbocycles. The largest absolute Gasteiger partial charge is 0.460 e. The number of thioether (sulfide) groups is 2. The number of amides is 1. The number of hydrogen-bond acceptors (Lipinski definition) is 8. The molecule has 10 heteroatoms. The Labute approximate surface area is 173 Å². The first-order valence-electron chi connectivity index (χ1n) is 7.80. The summed E-state index contributed by atoms with van der Waals surface area (Å²) >= 11 is 10.3. The maximum atomic E-state index is 11.8. The number of hydrazone groups is 1. The van der Waals surface area contributed by atoms with Crippen molar-refractivity contribution in [2.45, 2.75) is 21.4 Å². The Hall–Kier alpha value is -1.81. The van der Waals surface area contributed by atoms with Crippen molar-refractivity contribution in [3.63, 3.8) is 0 Å². The van der Waals surface area contributed by atoms with E-state index in [1.807, 2.05) is 37.3 Å². The van der Waals surface area contributed by atoms with Crippen LogP contribution in [0.2, 0.25) is 5.02 Å². The molecule has 3 rings (SSSR count). The van der Waals surface area contributed by atoms with Crippen LogP contribution >= 0.6 is 46.5 Å². The van der Waals surface area contributed by atoms with E-state index in [0.29, 0.717) is 5.76 Å². The first-order valence-corrected chi connectivity index (χ1v) is 11.0. The van der Waals surface area contributed by atoms with Gasteiger partial charge in [-0.3, -0.25) is 4.79 Å². The topological polar surface area (TPSA) is 80.4 Å². The summed E-state index contributed by atoms with van der Waals surface area (Å²) in [5.74, 6) is 2.17. The van der Waals surface area contributed by atoms with Gasteiger partial charge in [0.25, 0.3) is 5.91 Å². The monoisotopic (exact) mass is 438 g/mol. The first kappa shape index (κ1) is 19.9. The van der Waals surface area contributed by atoms with Crippen LogP contribution in [0, 0.1) is 6.92 Å². The van der Waals surface area contributed by atoms with E-state index >= 15 is 0 Å². The molecule has 2 aromatic heterocycles. The smallest absolute Gasteiger partial charge is 0.250 e. The molecule has 0 spiro atoms. The zero-order valence-electron chi connectivity index (χ0n) is 14.2. The summed E-state index contributed by atoms with van der Waals surface area (Å²) in [5, 5.41) is 12.8. The number of carbonyl (C=O) groups excluding carboxylic acids is 1. The van der Waals surface area contributed by atoms with E-state index in [2.05, 4.69) is 20.7 Å². The van der Waals surface area contributed by atoms with Gasteiger partial charge in [0, 0.05) is 10.8 Å². The minimum Gasteiger partial charge on any atom is -0.460 e. The Kier molecular flexibility index (Phi) is 7.33. The van der Waals surface area contributed by atoms with Crippen LogP contribution in [0.4, 0.5) is 0 Å².